The van der Waals surface area contributed by atoms with Crippen molar-refractivity contribution in [2.75, 3.05) is 7.11 Å². The van der Waals surface area contributed by atoms with Gasteiger partial charge in [-0.2, -0.15) is 10.2 Å². The molecule has 0 radical (unpaired) electrons. The van der Waals surface area contributed by atoms with Gasteiger partial charge in [0.2, 0.25) is 0 Å². The molecule has 0 unspecified atom stereocenters. The van der Waals surface area contributed by atoms with E-state index in [4.69, 9.17) is 4.74 Å². The van der Waals surface area contributed by atoms with E-state index in [1.54, 1.807) is 26.2 Å². The fraction of sp³-hybridized carbons (Fsp3) is 0.143. The zero-order chi connectivity index (χ0) is 15.2. The summed E-state index contributed by atoms with van der Waals surface area (Å²) < 4.78 is 5.07. The van der Waals surface area contributed by atoms with Gasteiger partial charge < -0.3 is 4.74 Å². The summed E-state index contributed by atoms with van der Waals surface area (Å²) in [4.78, 5) is 22.6. The van der Waals surface area contributed by atoms with E-state index in [2.05, 4.69) is 20.7 Å². The van der Waals surface area contributed by atoms with Crippen LogP contribution in [0, 0.1) is 0 Å². The van der Waals surface area contributed by atoms with Gasteiger partial charge in [0.25, 0.3) is 11.5 Å². The van der Waals surface area contributed by atoms with Crippen LogP contribution in [0.3, 0.4) is 0 Å². The van der Waals surface area contributed by atoms with Gasteiger partial charge in [-0.1, -0.05) is 0 Å². The monoisotopic (exact) mass is 286 g/mol. The number of aromatic amines is 1. The second-order valence-corrected chi connectivity index (χ2v) is 4.17. The third kappa shape index (κ3) is 3.75. The maximum atomic E-state index is 11.8. The average Bonchev–Trinajstić information content (AvgIpc) is 2.53. The lowest BCUT2D eigenvalue weighted by atomic mass is 10.1. The quantitative estimate of drug-likeness (QED) is 0.645. The number of benzene rings is 1. The molecule has 0 saturated heterocycles. The first-order valence-corrected chi connectivity index (χ1v) is 6.15. The summed E-state index contributed by atoms with van der Waals surface area (Å²) >= 11 is 0. The Hall–Kier alpha value is -2.96. The summed E-state index contributed by atoms with van der Waals surface area (Å²) in [7, 11) is 1.59. The number of carbonyl (C=O) groups excluding carboxylic acids is 1. The molecule has 0 fully saturated rings. The van der Waals surface area contributed by atoms with Crippen LogP contribution in [-0.4, -0.2) is 28.9 Å². The minimum absolute atomic E-state index is 0.0841. The molecule has 0 saturated carbocycles. The number of hydrazone groups is 1. The molecule has 2 N–H and O–H groups in total. The largest absolute Gasteiger partial charge is 0.497 e. The Morgan fingerprint density at radius 1 is 1.24 bits per heavy atom. The molecule has 0 aliphatic heterocycles. The smallest absolute Gasteiger partial charge is 0.291 e. The molecular formula is C14H14N4O3. The number of hydrogen-bond donors (Lipinski definition) is 2. The van der Waals surface area contributed by atoms with E-state index in [0.717, 1.165) is 11.3 Å². The lowest BCUT2D eigenvalue weighted by molar-refractivity contribution is 0.0948. The minimum Gasteiger partial charge on any atom is -0.497 e. The molecule has 2 aromatic rings. The first kappa shape index (κ1) is 14.4. The normalized spacial score (nSPS) is 11.0. The van der Waals surface area contributed by atoms with Crippen molar-refractivity contribution in [1.29, 1.82) is 0 Å². The van der Waals surface area contributed by atoms with Gasteiger partial charge in [-0.25, -0.2) is 10.5 Å². The number of carbonyl (C=O) groups is 1. The first-order valence-electron chi connectivity index (χ1n) is 6.15. The van der Waals surface area contributed by atoms with Crippen LogP contribution in [0.25, 0.3) is 0 Å². The Balaban J connectivity index is 2.06. The predicted octanol–water partition coefficient (Wildman–Crippen LogP) is 0.932. The predicted molar refractivity (Wildman–Crippen MR) is 77.5 cm³/mol. The minimum atomic E-state index is -0.501. The lowest BCUT2D eigenvalue weighted by Gasteiger charge is -2.04. The number of hydrogen-bond acceptors (Lipinski definition) is 5. The standard InChI is InChI=1S/C14H14N4O3/c1-9(10-3-5-11(21-2)6-4-10)15-18-14(20)12-7-8-13(19)17-16-12/h3-8H,1-2H3,(H,17,19)(H,18,20)/b15-9-. The van der Waals surface area contributed by atoms with Gasteiger partial charge in [0.05, 0.1) is 12.8 Å². The molecule has 1 amide bonds. The van der Waals surface area contributed by atoms with Crippen molar-refractivity contribution in [3.05, 3.63) is 58.0 Å². The highest BCUT2D eigenvalue weighted by Gasteiger charge is 2.06. The molecule has 0 aliphatic rings. The number of aromatic nitrogens is 2. The van der Waals surface area contributed by atoms with Gasteiger partial charge in [-0.3, -0.25) is 9.59 Å². The molecule has 0 spiro atoms. The molecule has 108 valence electrons. The van der Waals surface area contributed by atoms with E-state index in [0.29, 0.717) is 5.71 Å². The van der Waals surface area contributed by atoms with E-state index >= 15 is 0 Å². The lowest BCUT2D eigenvalue weighted by Crippen LogP contribution is -2.22. The van der Waals surface area contributed by atoms with Gasteiger partial charge >= 0.3 is 0 Å². The number of rotatable bonds is 4. The zero-order valence-electron chi connectivity index (χ0n) is 11.6. The van der Waals surface area contributed by atoms with Crippen LogP contribution in [0.4, 0.5) is 0 Å². The van der Waals surface area contributed by atoms with Crippen molar-refractivity contribution in [2.24, 2.45) is 5.10 Å². The summed E-state index contributed by atoms with van der Waals surface area (Å²) in [6.45, 7) is 1.77. The molecule has 1 aromatic carbocycles. The summed E-state index contributed by atoms with van der Waals surface area (Å²) in [5, 5.41) is 9.79. The van der Waals surface area contributed by atoms with Crippen LogP contribution in [0.5, 0.6) is 5.75 Å². The first-order chi connectivity index (χ1) is 10.1. The molecule has 0 atom stereocenters. The molecule has 0 bridgehead atoms. The Kier molecular flexibility index (Phi) is 4.45. The molecule has 21 heavy (non-hydrogen) atoms. The van der Waals surface area contributed by atoms with E-state index < -0.39 is 5.91 Å². The molecule has 1 aromatic heterocycles. The number of nitrogens with zero attached hydrogens (tertiary/aromatic N) is 2. The van der Waals surface area contributed by atoms with Crippen LogP contribution in [0.1, 0.15) is 23.0 Å². The highest BCUT2D eigenvalue weighted by molar-refractivity contribution is 6.00. The van der Waals surface area contributed by atoms with Gasteiger partial charge in [-0.05, 0) is 42.8 Å². The molecule has 0 aliphatic carbocycles. The fourth-order valence-corrected chi connectivity index (χ4v) is 1.56. The van der Waals surface area contributed by atoms with Crippen LogP contribution in [-0.2, 0) is 0 Å². The molecule has 2 rings (SSSR count). The van der Waals surface area contributed by atoms with E-state index in [1.165, 1.54) is 12.1 Å². The van der Waals surface area contributed by atoms with E-state index in [1.807, 2.05) is 12.1 Å². The number of ether oxygens (including phenoxy) is 1. The Morgan fingerprint density at radius 3 is 2.52 bits per heavy atom. The van der Waals surface area contributed by atoms with E-state index in [9.17, 15) is 9.59 Å². The molecular weight excluding hydrogens is 272 g/mol. The van der Waals surface area contributed by atoms with Crippen molar-refractivity contribution < 1.29 is 9.53 Å². The number of methoxy groups -OCH3 is 1. The van der Waals surface area contributed by atoms with Crippen molar-refractivity contribution >= 4 is 11.6 Å². The average molecular weight is 286 g/mol. The zero-order valence-corrected chi connectivity index (χ0v) is 11.6. The van der Waals surface area contributed by atoms with E-state index in [-0.39, 0.29) is 11.3 Å². The third-order valence-corrected chi connectivity index (χ3v) is 2.74. The summed E-state index contributed by atoms with van der Waals surface area (Å²) in [5.74, 6) is 0.243. The third-order valence-electron chi connectivity index (χ3n) is 2.74. The maximum Gasteiger partial charge on any atom is 0.291 e. The second-order valence-electron chi connectivity index (χ2n) is 4.17. The molecule has 7 nitrogen and oxygen atoms in total. The summed E-state index contributed by atoms with van der Waals surface area (Å²) in [6.07, 6.45) is 0. The van der Waals surface area contributed by atoms with Crippen LogP contribution >= 0.6 is 0 Å². The highest BCUT2D eigenvalue weighted by atomic mass is 16.5. The maximum absolute atomic E-state index is 11.8. The van der Waals surface area contributed by atoms with Gasteiger partial charge in [-0.15, -0.1) is 0 Å². The van der Waals surface area contributed by atoms with Crippen LogP contribution in [0.2, 0.25) is 0 Å². The number of nitrogens with one attached hydrogen (secondary N) is 2. The molecule has 7 heteroatoms. The number of H-pyrrole nitrogens is 1. The highest BCUT2D eigenvalue weighted by Crippen LogP contribution is 2.11. The van der Waals surface area contributed by atoms with Crippen LogP contribution < -0.4 is 15.7 Å². The van der Waals surface area contributed by atoms with Gasteiger partial charge in [0.1, 0.15) is 5.75 Å². The summed E-state index contributed by atoms with van der Waals surface area (Å²) in [5.41, 5.74) is 3.58. The Labute approximate surface area is 120 Å². The second kappa shape index (κ2) is 6.47. The SMILES string of the molecule is COc1ccc(/C(C)=N\NC(=O)c2ccc(=O)[nH]n2)cc1. The Morgan fingerprint density at radius 2 is 1.95 bits per heavy atom. The summed E-state index contributed by atoms with van der Waals surface area (Å²) in [6, 6.07) is 9.83. The van der Waals surface area contributed by atoms with Crippen molar-refractivity contribution in [2.45, 2.75) is 6.92 Å². The topological polar surface area (TPSA) is 96.4 Å². The van der Waals surface area contributed by atoms with Crippen molar-refractivity contribution in [1.82, 2.24) is 15.6 Å². The molecule has 1 heterocycles. The van der Waals surface area contributed by atoms with Crippen LogP contribution in [0.15, 0.2) is 46.3 Å². The van der Waals surface area contributed by atoms with Gasteiger partial charge in [0.15, 0.2) is 5.69 Å². The van der Waals surface area contributed by atoms with Gasteiger partial charge in [0, 0.05) is 6.07 Å². The Bertz CT molecular complexity index is 699. The fourth-order valence-electron chi connectivity index (χ4n) is 1.56. The number of amides is 1. The van der Waals surface area contributed by atoms with Crippen molar-refractivity contribution in [3.8, 4) is 5.75 Å². The van der Waals surface area contributed by atoms with Crippen molar-refractivity contribution in [3.63, 3.8) is 0 Å².